The summed E-state index contributed by atoms with van der Waals surface area (Å²) < 4.78 is 1.58. The number of hydrogen-bond acceptors (Lipinski definition) is 3. The topological polar surface area (TPSA) is 38.7 Å². The van der Waals surface area contributed by atoms with E-state index in [4.69, 9.17) is 11.6 Å². The van der Waals surface area contributed by atoms with Crippen molar-refractivity contribution in [1.29, 1.82) is 0 Å². The van der Waals surface area contributed by atoms with Crippen LogP contribution in [0, 0.1) is 0 Å². The standard InChI is InChI=1S/C15H8Br2ClN3/c16-10-6-7-11(19-8-10)15-20-13(12(17)14(18)21-15)9-4-2-1-3-5-9/h1-8H. The Labute approximate surface area is 143 Å². The molecule has 0 saturated heterocycles. The molecule has 0 bridgehead atoms. The Balaban J connectivity index is 2.16. The number of aromatic nitrogens is 3. The minimum atomic E-state index is 0.364. The van der Waals surface area contributed by atoms with Gasteiger partial charge in [0.25, 0.3) is 0 Å². The van der Waals surface area contributed by atoms with Crippen LogP contribution in [0.3, 0.4) is 0 Å². The van der Waals surface area contributed by atoms with E-state index in [-0.39, 0.29) is 0 Å². The first-order valence-corrected chi connectivity index (χ1v) is 8.02. The second-order valence-electron chi connectivity index (χ2n) is 4.23. The summed E-state index contributed by atoms with van der Waals surface area (Å²) in [5.41, 5.74) is 2.38. The van der Waals surface area contributed by atoms with Gasteiger partial charge in [-0.3, -0.25) is 4.98 Å². The van der Waals surface area contributed by atoms with Crippen LogP contribution >= 0.6 is 43.5 Å². The molecule has 0 unspecified atom stereocenters. The molecule has 3 rings (SSSR count). The van der Waals surface area contributed by atoms with Gasteiger partial charge in [-0.05, 0) is 44.0 Å². The molecule has 0 spiro atoms. The van der Waals surface area contributed by atoms with Gasteiger partial charge in [0, 0.05) is 16.2 Å². The number of nitrogens with zero attached hydrogens (tertiary/aromatic N) is 3. The molecule has 21 heavy (non-hydrogen) atoms. The smallest absolute Gasteiger partial charge is 0.180 e. The Morgan fingerprint density at radius 2 is 1.67 bits per heavy atom. The van der Waals surface area contributed by atoms with Crippen LogP contribution in [0.5, 0.6) is 0 Å². The van der Waals surface area contributed by atoms with Crippen LogP contribution in [-0.4, -0.2) is 15.0 Å². The van der Waals surface area contributed by atoms with Gasteiger partial charge in [-0.2, -0.15) is 0 Å². The van der Waals surface area contributed by atoms with Crippen molar-refractivity contribution in [3.05, 3.63) is 62.8 Å². The summed E-state index contributed by atoms with van der Waals surface area (Å²) in [4.78, 5) is 13.2. The first-order valence-electron chi connectivity index (χ1n) is 6.05. The molecule has 3 nitrogen and oxygen atoms in total. The van der Waals surface area contributed by atoms with Crippen LogP contribution in [0.1, 0.15) is 0 Å². The molecular weight excluding hydrogens is 417 g/mol. The van der Waals surface area contributed by atoms with E-state index in [1.165, 1.54) is 0 Å². The molecule has 0 aliphatic carbocycles. The number of halogens is 3. The molecule has 0 aliphatic rings. The monoisotopic (exact) mass is 423 g/mol. The predicted octanol–water partition coefficient (Wildman–Crippen LogP) is 5.38. The molecule has 6 heteroatoms. The van der Waals surface area contributed by atoms with Gasteiger partial charge in [-0.25, -0.2) is 9.97 Å². The van der Waals surface area contributed by atoms with Crippen molar-refractivity contribution in [1.82, 2.24) is 15.0 Å². The van der Waals surface area contributed by atoms with Crippen LogP contribution in [0.4, 0.5) is 0 Å². The van der Waals surface area contributed by atoms with Gasteiger partial charge in [0.1, 0.15) is 10.8 Å². The maximum atomic E-state index is 6.22. The molecule has 1 aromatic carbocycles. The summed E-state index contributed by atoms with van der Waals surface area (Å²) >= 11 is 13.0. The fraction of sp³-hybridized carbons (Fsp3) is 0. The largest absolute Gasteiger partial charge is 0.252 e. The van der Waals surface area contributed by atoms with E-state index in [1.54, 1.807) is 6.20 Å². The number of pyridine rings is 1. The molecule has 0 radical (unpaired) electrons. The SMILES string of the molecule is Clc1nc(-c2ccc(Br)cn2)nc(-c2ccccc2)c1Br. The minimum absolute atomic E-state index is 0.364. The summed E-state index contributed by atoms with van der Waals surface area (Å²) in [6.07, 6.45) is 1.71. The van der Waals surface area contributed by atoms with Crippen LogP contribution in [0.25, 0.3) is 22.8 Å². The molecule has 0 atom stereocenters. The number of rotatable bonds is 2. The lowest BCUT2D eigenvalue weighted by Crippen LogP contribution is -1.96. The molecule has 104 valence electrons. The van der Waals surface area contributed by atoms with Gasteiger partial charge < -0.3 is 0 Å². The number of hydrogen-bond donors (Lipinski definition) is 0. The Bertz CT molecular complexity index is 777. The molecule has 0 aliphatic heterocycles. The Hall–Kier alpha value is -1.30. The van der Waals surface area contributed by atoms with Gasteiger partial charge >= 0.3 is 0 Å². The molecular formula is C15H8Br2ClN3. The van der Waals surface area contributed by atoms with Crippen molar-refractivity contribution in [2.45, 2.75) is 0 Å². The Morgan fingerprint density at radius 1 is 0.905 bits per heavy atom. The van der Waals surface area contributed by atoms with Crippen molar-refractivity contribution < 1.29 is 0 Å². The third kappa shape index (κ3) is 3.15. The zero-order valence-electron chi connectivity index (χ0n) is 10.6. The quantitative estimate of drug-likeness (QED) is 0.517. The van der Waals surface area contributed by atoms with Crippen molar-refractivity contribution in [2.75, 3.05) is 0 Å². The third-order valence-corrected chi connectivity index (χ3v) is 4.54. The van der Waals surface area contributed by atoms with E-state index in [0.717, 1.165) is 15.7 Å². The van der Waals surface area contributed by atoms with Crippen molar-refractivity contribution in [2.24, 2.45) is 0 Å². The molecule has 0 saturated carbocycles. The van der Waals surface area contributed by atoms with Gasteiger partial charge in [-0.1, -0.05) is 41.9 Å². The molecule has 2 heterocycles. The van der Waals surface area contributed by atoms with Gasteiger partial charge in [0.2, 0.25) is 0 Å². The summed E-state index contributed by atoms with van der Waals surface area (Å²) in [7, 11) is 0. The summed E-state index contributed by atoms with van der Waals surface area (Å²) in [6.45, 7) is 0. The lowest BCUT2D eigenvalue weighted by Gasteiger charge is -2.08. The summed E-state index contributed by atoms with van der Waals surface area (Å²) in [6, 6.07) is 13.6. The van der Waals surface area contributed by atoms with Crippen LogP contribution in [0.15, 0.2) is 57.6 Å². The number of benzene rings is 1. The second kappa shape index (κ2) is 6.22. The zero-order chi connectivity index (χ0) is 14.8. The van der Waals surface area contributed by atoms with Crippen LogP contribution in [-0.2, 0) is 0 Å². The zero-order valence-corrected chi connectivity index (χ0v) is 14.5. The van der Waals surface area contributed by atoms with Gasteiger partial charge in [0.15, 0.2) is 5.82 Å². The second-order valence-corrected chi connectivity index (χ2v) is 6.29. The maximum Gasteiger partial charge on any atom is 0.180 e. The van der Waals surface area contributed by atoms with E-state index in [2.05, 4.69) is 46.8 Å². The summed E-state index contributed by atoms with van der Waals surface area (Å²) in [5, 5.41) is 0.364. The van der Waals surface area contributed by atoms with Crippen molar-refractivity contribution in [3.8, 4) is 22.8 Å². The minimum Gasteiger partial charge on any atom is -0.252 e. The molecule has 3 aromatic rings. The summed E-state index contributed by atoms with van der Waals surface area (Å²) in [5.74, 6) is 0.495. The molecule has 0 amide bonds. The van der Waals surface area contributed by atoms with Crippen LogP contribution < -0.4 is 0 Å². The highest BCUT2D eigenvalue weighted by molar-refractivity contribution is 9.11. The highest BCUT2D eigenvalue weighted by atomic mass is 79.9. The predicted molar refractivity (Wildman–Crippen MR) is 91.1 cm³/mol. The average Bonchev–Trinajstić information content (AvgIpc) is 2.51. The third-order valence-electron chi connectivity index (χ3n) is 2.81. The fourth-order valence-corrected chi connectivity index (χ4v) is 2.64. The van der Waals surface area contributed by atoms with E-state index in [1.807, 2.05) is 42.5 Å². The Kier molecular flexibility index (Phi) is 4.33. The fourth-order valence-electron chi connectivity index (χ4n) is 1.83. The van der Waals surface area contributed by atoms with E-state index in [9.17, 15) is 0 Å². The molecule has 0 N–H and O–H groups in total. The first kappa shape index (κ1) is 14.6. The maximum absolute atomic E-state index is 6.22. The highest BCUT2D eigenvalue weighted by Gasteiger charge is 2.14. The van der Waals surface area contributed by atoms with Gasteiger partial charge in [-0.15, -0.1) is 0 Å². The highest BCUT2D eigenvalue weighted by Crippen LogP contribution is 2.33. The molecule has 2 aromatic heterocycles. The lowest BCUT2D eigenvalue weighted by atomic mass is 10.1. The van der Waals surface area contributed by atoms with E-state index < -0.39 is 0 Å². The Morgan fingerprint density at radius 3 is 2.33 bits per heavy atom. The van der Waals surface area contributed by atoms with Gasteiger partial charge in [0.05, 0.1) is 10.2 Å². The molecule has 0 fully saturated rings. The lowest BCUT2D eigenvalue weighted by molar-refractivity contribution is 1.13. The normalized spacial score (nSPS) is 10.6. The van der Waals surface area contributed by atoms with Crippen molar-refractivity contribution >= 4 is 43.5 Å². The van der Waals surface area contributed by atoms with Crippen molar-refractivity contribution in [3.63, 3.8) is 0 Å². The first-order chi connectivity index (χ1) is 10.1. The van der Waals surface area contributed by atoms with E-state index >= 15 is 0 Å². The van der Waals surface area contributed by atoms with Crippen LogP contribution in [0.2, 0.25) is 5.15 Å². The van der Waals surface area contributed by atoms with E-state index in [0.29, 0.717) is 21.1 Å². The average molecular weight is 426 g/mol.